The lowest BCUT2D eigenvalue weighted by Crippen LogP contribution is -2.57. The molecule has 1 unspecified atom stereocenters. The van der Waals surface area contributed by atoms with Crippen molar-refractivity contribution in [2.24, 2.45) is 11.7 Å². The number of rotatable bonds is 3. The fourth-order valence-electron chi connectivity index (χ4n) is 5.61. The van der Waals surface area contributed by atoms with Crippen LogP contribution in [0.1, 0.15) is 6.92 Å². The maximum absolute atomic E-state index is 13.6. The molecule has 2 N–H and O–H groups in total. The Morgan fingerprint density at radius 2 is 1.97 bits per heavy atom. The quantitative estimate of drug-likeness (QED) is 0.419. The van der Waals surface area contributed by atoms with Crippen LogP contribution in [0.5, 0.6) is 0 Å². The van der Waals surface area contributed by atoms with E-state index in [1.165, 1.54) is 14.0 Å². The minimum atomic E-state index is -1.93. The number of primary amides is 1. The van der Waals surface area contributed by atoms with Crippen molar-refractivity contribution in [2.45, 2.75) is 35.9 Å². The Morgan fingerprint density at radius 1 is 1.30 bits per heavy atom. The van der Waals surface area contributed by atoms with Crippen LogP contribution in [0.3, 0.4) is 0 Å². The zero-order valence-corrected chi connectivity index (χ0v) is 17.0. The number of hydrogen-bond donors (Lipinski definition) is 1. The van der Waals surface area contributed by atoms with Gasteiger partial charge in [0, 0.05) is 26.2 Å². The highest BCUT2D eigenvalue weighted by atomic mass is 35.5. The number of alkyl halides is 1. The van der Waals surface area contributed by atoms with E-state index in [9.17, 15) is 19.2 Å². The van der Waals surface area contributed by atoms with E-state index in [1.54, 1.807) is 9.80 Å². The first-order valence-electron chi connectivity index (χ1n) is 9.51. The normalized spacial score (nSPS) is 38.1. The first-order chi connectivity index (χ1) is 14.2. The summed E-state index contributed by atoms with van der Waals surface area (Å²) in [6.07, 6.45) is -1.04. The van der Waals surface area contributed by atoms with Gasteiger partial charge in [0.2, 0.25) is 17.5 Å². The Hall–Kier alpha value is -2.21. The second-order valence-corrected chi connectivity index (χ2v) is 8.31. The number of Topliss-reactive ketones (excluding diaryl/α,β-unsaturated/α-hetero) is 2. The Labute approximate surface area is 175 Å². The zero-order chi connectivity index (χ0) is 21.6. The van der Waals surface area contributed by atoms with Crippen LogP contribution in [-0.4, -0.2) is 95.8 Å². The van der Waals surface area contributed by atoms with E-state index in [1.807, 2.05) is 0 Å². The topological polar surface area (TPSA) is 137 Å². The van der Waals surface area contributed by atoms with Gasteiger partial charge in [-0.1, -0.05) is 0 Å². The highest BCUT2D eigenvalue weighted by molar-refractivity contribution is 6.39. The lowest BCUT2D eigenvalue weighted by molar-refractivity contribution is -0.181. The number of carbonyl (C=O) groups is 4. The van der Waals surface area contributed by atoms with Crippen LogP contribution in [0.2, 0.25) is 0 Å². The molecule has 3 fully saturated rings. The van der Waals surface area contributed by atoms with Crippen molar-refractivity contribution >= 4 is 35.2 Å². The minimum Gasteiger partial charge on any atom is -0.449 e. The molecule has 4 aliphatic heterocycles. The molecule has 0 radical (unpaired) electrons. The molecule has 12 heteroatoms. The molecule has 0 saturated carbocycles. The van der Waals surface area contributed by atoms with E-state index in [0.29, 0.717) is 0 Å². The lowest BCUT2D eigenvalue weighted by Gasteiger charge is -2.40. The Balaban J connectivity index is 1.65. The van der Waals surface area contributed by atoms with Crippen LogP contribution in [0.15, 0.2) is 11.3 Å². The molecule has 1 spiro atoms. The number of fused-ring (bicyclic) bond motifs is 4. The molecule has 1 aliphatic carbocycles. The summed E-state index contributed by atoms with van der Waals surface area (Å²) < 4.78 is 22.0. The van der Waals surface area contributed by atoms with Gasteiger partial charge in [0.25, 0.3) is 5.79 Å². The number of ketones is 2. The van der Waals surface area contributed by atoms with E-state index in [2.05, 4.69) is 0 Å². The van der Waals surface area contributed by atoms with Crippen LogP contribution in [0, 0.1) is 5.92 Å². The zero-order valence-electron chi connectivity index (χ0n) is 16.3. The van der Waals surface area contributed by atoms with Crippen LogP contribution in [0.25, 0.3) is 0 Å². The van der Waals surface area contributed by atoms with Crippen LogP contribution < -0.4 is 5.73 Å². The van der Waals surface area contributed by atoms with Gasteiger partial charge in [-0.25, -0.2) is 4.79 Å². The van der Waals surface area contributed by atoms with Crippen molar-refractivity contribution in [3.8, 4) is 0 Å². The van der Waals surface area contributed by atoms with E-state index in [4.69, 9.17) is 36.3 Å². The number of halogens is 1. The molecule has 162 valence electrons. The molecule has 5 rings (SSSR count). The van der Waals surface area contributed by atoms with E-state index < -0.39 is 46.5 Å². The van der Waals surface area contributed by atoms with Crippen molar-refractivity contribution < 1.29 is 38.1 Å². The first-order valence-corrected chi connectivity index (χ1v) is 9.95. The van der Waals surface area contributed by atoms with Gasteiger partial charge in [0.15, 0.2) is 11.1 Å². The molecule has 3 saturated heterocycles. The number of methoxy groups -OCH3 is 1. The molecule has 11 nitrogen and oxygen atoms in total. The number of hydrogen-bond acceptors (Lipinski definition) is 9. The lowest BCUT2D eigenvalue weighted by atomic mass is 9.80. The molecule has 0 bridgehead atoms. The average Bonchev–Trinajstić information content (AvgIpc) is 3.03. The monoisotopic (exact) mass is 441 g/mol. The van der Waals surface area contributed by atoms with Crippen molar-refractivity contribution in [1.82, 2.24) is 9.80 Å². The summed E-state index contributed by atoms with van der Waals surface area (Å²) in [6.45, 7) is 1.60. The number of carbonyl (C=O) groups excluding carboxylic acids is 4. The fraction of sp³-hybridized carbons (Fsp3) is 0.667. The number of allylic oxidation sites excluding steroid dienone is 1. The summed E-state index contributed by atoms with van der Waals surface area (Å²) in [5.41, 5.74) is 4.05. The number of nitrogens with zero attached hydrogens (tertiary/aromatic N) is 2. The van der Waals surface area contributed by atoms with Crippen LogP contribution >= 0.6 is 11.6 Å². The van der Waals surface area contributed by atoms with Gasteiger partial charge in [-0.2, -0.15) is 0 Å². The Bertz CT molecular complexity index is 915. The molecule has 4 heterocycles. The SMILES string of the molecule is CO[C@@]12[C@H](COC(N)=O)C3=C(C(=O)C(Cl)C4(OCCO4)C3=O)N1C[C@H]1[C@@H]2N1C(C)=O. The number of piperazine rings is 1. The third-order valence-electron chi connectivity index (χ3n) is 6.68. The predicted octanol–water partition coefficient (Wildman–Crippen LogP) is -1.27. The Kier molecular flexibility index (Phi) is 4.05. The van der Waals surface area contributed by atoms with Gasteiger partial charge < -0.3 is 34.5 Å². The summed E-state index contributed by atoms with van der Waals surface area (Å²) in [7, 11) is 1.42. The molecule has 30 heavy (non-hydrogen) atoms. The maximum Gasteiger partial charge on any atom is 0.404 e. The largest absolute Gasteiger partial charge is 0.449 e. The highest BCUT2D eigenvalue weighted by Crippen LogP contribution is 2.60. The summed E-state index contributed by atoms with van der Waals surface area (Å²) in [4.78, 5) is 53.6. The van der Waals surface area contributed by atoms with Crippen molar-refractivity contribution in [3.63, 3.8) is 0 Å². The molecule has 0 aromatic heterocycles. The smallest absolute Gasteiger partial charge is 0.404 e. The van der Waals surface area contributed by atoms with Crippen LogP contribution in [-0.2, 0) is 33.3 Å². The van der Waals surface area contributed by atoms with E-state index >= 15 is 0 Å². The van der Waals surface area contributed by atoms with Crippen molar-refractivity contribution in [3.05, 3.63) is 11.3 Å². The van der Waals surface area contributed by atoms with Gasteiger partial charge in [-0.3, -0.25) is 14.4 Å². The third kappa shape index (κ3) is 2.10. The van der Waals surface area contributed by atoms with Gasteiger partial charge in [-0.15, -0.1) is 11.6 Å². The standard InChI is InChI=1S/C18H20ClN3O8/c1-7(23)22-9-5-21-11-10(8(6-28-16(20)26)17(21,27-2)14(9)22)15(25)18(13(19)12(11)24)29-3-4-30-18/h8-9,13-14H,3-6H2,1-2H3,(H2,20,26)/t8-,9+,13?,14+,17-,22?/m1/s1. The highest BCUT2D eigenvalue weighted by Gasteiger charge is 2.79. The van der Waals surface area contributed by atoms with Gasteiger partial charge in [0.1, 0.15) is 12.6 Å². The number of nitrogens with two attached hydrogens (primary N) is 1. The van der Waals surface area contributed by atoms with E-state index in [0.717, 1.165) is 0 Å². The van der Waals surface area contributed by atoms with Gasteiger partial charge in [0.05, 0.1) is 30.9 Å². The number of ether oxygens (including phenoxy) is 4. The molecular formula is C18H20ClN3O8. The summed E-state index contributed by atoms with van der Waals surface area (Å²) in [5, 5.41) is -1.38. The van der Waals surface area contributed by atoms with Crippen LogP contribution in [0.4, 0.5) is 4.79 Å². The third-order valence-corrected chi connectivity index (χ3v) is 7.16. The second-order valence-electron chi connectivity index (χ2n) is 7.87. The summed E-state index contributed by atoms with van der Waals surface area (Å²) in [5.74, 6) is -4.13. The second kappa shape index (κ2) is 6.16. The molecule has 2 amide bonds. The number of amides is 2. The summed E-state index contributed by atoms with van der Waals surface area (Å²) in [6, 6.07) is -0.623. The maximum atomic E-state index is 13.6. The Morgan fingerprint density at radius 3 is 2.53 bits per heavy atom. The molecular weight excluding hydrogens is 422 g/mol. The first kappa shape index (κ1) is 19.7. The molecule has 5 atom stereocenters. The van der Waals surface area contributed by atoms with Gasteiger partial charge >= 0.3 is 6.09 Å². The fourth-order valence-corrected chi connectivity index (χ4v) is 5.94. The minimum absolute atomic E-state index is 0.0655. The van der Waals surface area contributed by atoms with Crippen molar-refractivity contribution in [1.29, 1.82) is 0 Å². The molecule has 5 aliphatic rings. The summed E-state index contributed by atoms with van der Waals surface area (Å²) >= 11 is 6.38. The molecule has 0 aromatic rings. The predicted molar refractivity (Wildman–Crippen MR) is 96.9 cm³/mol. The van der Waals surface area contributed by atoms with Gasteiger partial charge in [-0.05, 0) is 0 Å². The van der Waals surface area contributed by atoms with E-state index in [-0.39, 0.29) is 49.6 Å². The van der Waals surface area contributed by atoms with Crippen molar-refractivity contribution in [2.75, 3.05) is 33.5 Å². The molecule has 0 aromatic carbocycles. The average molecular weight is 442 g/mol.